The first-order valence-corrected chi connectivity index (χ1v) is 14.1. The second kappa shape index (κ2) is 13.3. The fourth-order valence-corrected chi connectivity index (χ4v) is 5.55. The van der Waals surface area contributed by atoms with Crippen molar-refractivity contribution in [1.82, 2.24) is 10.2 Å². The van der Waals surface area contributed by atoms with E-state index in [2.05, 4.69) is 5.32 Å². The zero-order valence-electron chi connectivity index (χ0n) is 23.2. The van der Waals surface area contributed by atoms with Gasteiger partial charge in [-0.15, -0.1) is 0 Å². The molecule has 3 aromatic rings. The van der Waals surface area contributed by atoms with Gasteiger partial charge >= 0.3 is 0 Å². The molecule has 214 valence electrons. The Morgan fingerprint density at radius 2 is 1.62 bits per heavy atom. The average molecular weight is 572 g/mol. The predicted octanol–water partition coefficient (Wildman–Crippen LogP) is 3.90. The fraction of sp³-hybridized carbons (Fsp3) is 0.310. The van der Waals surface area contributed by atoms with Crippen LogP contribution in [0, 0.1) is 12.7 Å². The summed E-state index contributed by atoms with van der Waals surface area (Å²) in [5, 5.41) is 2.72. The highest BCUT2D eigenvalue weighted by Crippen LogP contribution is 2.32. The van der Waals surface area contributed by atoms with Crippen LogP contribution in [0.2, 0.25) is 0 Å². The summed E-state index contributed by atoms with van der Waals surface area (Å²) >= 11 is 0. The van der Waals surface area contributed by atoms with E-state index in [-0.39, 0.29) is 28.8 Å². The van der Waals surface area contributed by atoms with Crippen LogP contribution >= 0.6 is 0 Å². The number of nitrogens with one attached hydrogen (secondary N) is 1. The Bertz CT molecular complexity index is 1450. The van der Waals surface area contributed by atoms with Crippen molar-refractivity contribution >= 4 is 27.5 Å². The summed E-state index contributed by atoms with van der Waals surface area (Å²) in [4.78, 5) is 27.9. The van der Waals surface area contributed by atoms with Crippen LogP contribution in [0.1, 0.15) is 25.0 Å². The lowest BCUT2D eigenvalue weighted by atomic mass is 10.1. The number of hydrogen-bond acceptors (Lipinski definition) is 6. The molecule has 1 atom stereocenters. The van der Waals surface area contributed by atoms with Gasteiger partial charge in [-0.3, -0.25) is 13.9 Å². The van der Waals surface area contributed by atoms with Crippen LogP contribution in [0.15, 0.2) is 71.6 Å². The molecule has 0 unspecified atom stereocenters. The number of aryl methyl sites for hydroxylation is 1. The minimum absolute atomic E-state index is 0.0750. The Hall–Kier alpha value is -4.12. The molecule has 0 saturated carbocycles. The number of halogens is 1. The molecular weight excluding hydrogens is 537 g/mol. The summed E-state index contributed by atoms with van der Waals surface area (Å²) in [5.74, 6) is -1.05. The Morgan fingerprint density at radius 1 is 0.975 bits per heavy atom. The maximum atomic E-state index is 13.9. The van der Waals surface area contributed by atoms with Crippen molar-refractivity contribution in [2.45, 2.75) is 38.3 Å². The van der Waals surface area contributed by atoms with E-state index < -0.39 is 34.3 Å². The van der Waals surface area contributed by atoms with Crippen LogP contribution in [0.3, 0.4) is 0 Å². The van der Waals surface area contributed by atoms with Crippen LogP contribution in [0.5, 0.6) is 11.5 Å². The maximum Gasteiger partial charge on any atom is 0.264 e. The van der Waals surface area contributed by atoms with Gasteiger partial charge in [-0.2, -0.15) is 0 Å². The van der Waals surface area contributed by atoms with Gasteiger partial charge in [-0.25, -0.2) is 12.8 Å². The number of rotatable bonds is 12. The average Bonchev–Trinajstić information content (AvgIpc) is 2.95. The number of amides is 2. The van der Waals surface area contributed by atoms with E-state index in [1.54, 1.807) is 13.8 Å². The number of ether oxygens (including phenoxy) is 2. The molecule has 3 aromatic carbocycles. The second-order valence-corrected chi connectivity index (χ2v) is 10.9. The highest BCUT2D eigenvalue weighted by molar-refractivity contribution is 7.92. The molecule has 0 aliphatic heterocycles. The van der Waals surface area contributed by atoms with Crippen molar-refractivity contribution in [1.29, 1.82) is 0 Å². The van der Waals surface area contributed by atoms with Crippen LogP contribution in [0.25, 0.3) is 0 Å². The van der Waals surface area contributed by atoms with Gasteiger partial charge in [0.1, 0.15) is 18.4 Å². The minimum atomic E-state index is -4.36. The maximum absolute atomic E-state index is 13.9. The number of carbonyl (C=O) groups is 2. The predicted molar refractivity (Wildman–Crippen MR) is 150 cm³/mol. The zero-order valence-corrected chi connectivity index (χ0v) is 24.0. The second-order valence-electron chi connectivity index (χ2n) is 9.02. The molecule has 3 rings (SSSR count). The molecule has 0 heterocycles. The standard InChI is InChI=1S/C29H34FN3O6S/c1-6-31-29(35)21(3)32(18-22-10-8-7-9-20(22)2)28(34)19-33(24-13-11-23(30)12-14-24)40(36,37)25-15-16-26(38-4)27(17-25)39-5/h7-17,21H,6,18-19H2,1-5H3,(H,31,35)/t21-/m1/s1. The minimum Gasteiger partial charge on any atom is -0.493 e. The summed E-state index contributed by atoms with van der Waals surface area (Å²) in [7, 11) is -1.56. The quantitative estimate of drug-likeness (QED) is 0.354. The monoisotopic (exact) mass is 571 g/mol. The van der Waals surface area contributed by atoms with Gasteiger partial charge in [0, 0.05) is 19.2 Å². The molecule has 0 radical (unpaired) electrons. The number of sulfonamides is 1. The third kappa shape index (κ3) is 6.90. The Morgan fingerprint density at radius 3 is 2.23 bits per heavy atom. The molecule has 0 fully saturated rings. The molecule has 0 aliphatic carbocycles. The van der Waals surface area contributed by atoms with Gasteiger partial charge in [0.05, 0.1) is 24.8 Å². The van der Waals surface area contributed by atoms with E-state index in [0.29, 0.717) is 12.3 Å². The van der Waals surface area contributed by atoms with Crippen LogP contribution in [0.4, 0.5) is 10.1 Å². The Labute approximate surface area is 234 Å². The number of likely N-dealkylation sites (N-methyl/N-ethyl adjacent to an activating group) is 1. The van der Waals surface area contributed by atoms with Crippen molar-refractivity contribution in [2.75, 3.05) is 31.6 Å². The molecule has 11 heteroatoms. The van der Waals surface area contributed by atoms with Gasteiger partial charge < -0.3 is 19.7 Å². The van der Waals surface area contributed by atoms with E-state index in [9.17, 15) is 22.4 Å². The molecule has 0 spiro atoms. The first-order chi connectivity index (χ1) is 19.0. The molecular formula is C29H34FN3O6S. The number of hydrogen-bond donors (Lipinski definition) is 1. The number of anilines is 1. The smallest absolute Gasteiger partial charge is 0.264 e. The van der Waals surface area contributed by atoms with Crippen molar-refractivity contribution in [3.05, 3.63) is 83.7 Å². The first-order valence-electron chi connectivity index (χ1n) is 12.7. The molecule has 0 aromatic heterocycles. The van der Waals surface area contributed by atoms with Crippen LogP contribution in [-0.2, 0) is 26.2 Å². The van der Waals surface area contributed by atoms with E-state index in [4.69, 9.17) is 9.47 Å². The van der Waals surface area contributed by atoms with Crippen molar-refractivity contribution in [3.63, 3.8) is 0 Å². The van der Waals surface area contributed by atoms with E-state index in [1.807, 2.05) is 31.2 Å². The molecule has 1 N–H and O–H groups in total. The van der Waals surface area contributed by atoms with Crippen molar-refractivity contribution in [3.8, 4) is 11.5 Å². The summed E-state index contributed by atoms with van der Waals surface area (Å²) in [6, 6.07) is 15.4. The van der Waals surface area contributed by atoms with Crippen LogP contribution < -0.4 is 19.1 Å². The fourth-order valence-electron chi connectivity index (χ4n) is 4.12. The number of benzene rings is 3. The summed E-state index contributed by atoms with van der Waals surface area (Å²) in [5.41, 5.74) is 1.80. The molecule has 0 aliphatic rings. The third-order valence-corrected chi connectivity index (χ3v) is 8.23. The van der Waals surface area contributed by atoms with E-state index >= 15 is 0 Å². The number of carbonyl (C=O) groups excluding carboxylic acids is 2. The van der Waals surface area contributed by atoms with E-state index in [0.717, 1.165) is 27.6 Å². The van der Waals surface area contributed by atoms with Crippen LogP contribution in [-0.4, -0.2) is 58.5 Å². The lowest BCUT2D eigenvalue weighted by Crippen LogP contribution is -2.51. The molecule has 40 heavy (non-hydrogen) atoms. The number of methoxy groups -OCH3 is 2. The van der Waals surface area contributed by atoms with Gasteiger partial charge in [-0.05, 0) is 68.3 Å². The van der Waals surface area contributed by atoms with Crippen molar-refractivity contribution in [2.24, 2.45) is 0 Å². The summed E-state index contributed by atoms with van der Waals surface area (Å²) < 4.78 is 53.1. The normalized spacial score (nSPS) is 11.8. The Balaban J connectivity index is 2.08. The summed E-state index contributed by atoms with van der Waals surface area (Å²) in [6.07, 6.45) is 0. The third-order valence-electron chi connectivity index (χ3n) is 6.46. The van der Waals surface area contributed by atoms with E-state index in [1.165, 1.54) is 49.5 Å². The van der Waals surface area contributed by atoms with Gasteiger partial charge in [0.2, 0.25) is 11.8 Å². The molecule has 0 saturated heterocycles. The molecule has 9 nitrogen and oxygen atoms in total. The number of nitrogens with zero attached hydrogens (tertiary/aromatic N) is 2. The van der Waals surface area contributed by atoms with Gasteiger partial charge in [-0.1, -0.05) is 24.3 Å². The topological polar surface area (TPSA) is 105 Å². The molecule has 2 amide bonds. The highest BCUT2D eigenvalue weighted by atomic mass is 32.2. The zero-order chi connectivity index (χ0) is 29.4. The first kappa shape index (κ1) is 30.4. The van der Waals surface area contributed by atoms with Gasteiger partial charge in [0.15, 0.2) is 11.5 Å². The molecule has 0 bridgehead atoms. The summed E-state index contributed by atoms with van der Waals surface area (Å²) in [6.45, 7) is 5.05. The lowest BCUT2D eigenvalue weighted by Gasteiger charge is -2.32. The van der Waals surface area contributed by atoms with Gasteiger partial charge in [0.25, 0.3) is 10.0 Å². The largest absolute Gasteiger partial charge is 0.493 e. The van der Waals surface area contributed by atoms with Crippen molar-refractivity contribution < 1.29 is 31.9 Å². The SMILES string of the molecule is CCNC(=O)[C@@H](C)N(Cc1ccccc1C)C(=O)CN(c1ccc(F)cc1)S(=O)(=O)c1ccc(OC)c(OC)c1. The Kier molecular flexibility index (Phi) is 10.1. The lowest BCUT2D eigenvalue weighted by molar-refractivity contribution is -0.139. The highest BCUT2D eigenvalue weighted by Gasteiger charge is 2.33.